The third kappa shape index (κ3) is 6.48. The highest BCUT2D eigenvalue weighted by atomic mass is 16.6. The van der Waals surface area contributed by atoms with Crippen LogP contribution < -0.4 is 5.32 Å². The topological polar surface area (TPSA) is 102 Å². The Kier molecular flexibility index (Phi) is 8.09. The van der Waals surface area contributed by atoms with E-state index in [1.165, 1.54) is 0 Å². The van der Waals surface area contributed by atoms with Crippen molar-refractivity contribution in [2.75, 3.05) is 6.61 Å². The Morgan fingerprint density at radius 2 is 1.51 bits per heavy atom. The largest absolute Gasteiger partial charge is 0.480 e. The predicted molar refractivity (Wildman–Crippen MR) is 149 cm³/mol. The number of ether oxygens (including phenoxy) is 2. The van der Waals surface area contributed by atoms with Crippen molar-refractivity contribution in [3.05, 3.63) is 94.5 Å². The molecule has 0 aromatic heterocycles. The van der Waals surface area contributed by atoms with Gasteiger partial charge in [0.2, 0.25) is 0 Å². The Hall–Kier alpha value is -4.13. The average Bonchev–Trinajstić information content (AvgIpc) is 3.19. The van der Waals surface area contributed by atoms with Crippen molar-refractivity contribution in [3.63, 3.8) is 0 Å². The Bertz CT molecular complexity index is 1340. The molecule has 2 N–H and O–H groups in total. The minimum Gasteiger partial charge on any atom is -0.480 e. The second kappa shape index (κ2) is 11.3. The van der Waals surface area contributed by atoms with Gasteiger partial charge in [-0.3, -0.25) is 0 Å². The smallest absolute Gasteiger partial charge is 0.407 e. The van der Waals surface area contributed by atoms with Gasteiger partial charge < -0.3 is 19.9 Å². The number of carboxylic acid groups (broad SMARTS) is 1. The molecule has 1 atom stereocenters. The number of carbonyl (C=O) groups excluding carboxylic acids is 2. The van der Waals surface area contributed by atoms with Crippen molar-refractivity contribution >= 4 is 18.0 Å². The molecular formula is C32H35NO6. The van der Waals surface area contributed by atoms with Gasteiger partial charge in [0.1, 0.15) is 18.2 Å². The number of carbonyl (C=O) groups is 3. The molecule has 7 heteroatoms. The van der Waals surface area contributed by atoms with E-state index < -0.39 is 29.7 Å². The van der Waals surface area contributed by atoms with E-state index in [4.69, 9.17) is 9.47 Å². The number of aliphatic carboxylic acids is 1. The van der Waals surface area contributed by atoms with Gasteiger partial charge in [-0.25, -0.2) is 14.4 Å². The summed E-state index contributed by atoms with van der Waals surface area (Å²) >= 11 is 0. The monoisotopic (exact) mass is 529 g/mol. The second-order valence-electron chi connectivity index (χ2n) is 11.1. The molecule has 204 valence electrons. The van der Waals surface area contributed by atoms with Gasteiger partial charge in [-0.05, 0) is 66.1 Å². The number of benzene rings is 3. The van der Waals surface area contributed by atoms with Crippen molar-refractivity contribution in [1.29, 1.82) is 0 Å². The number of hydrogen-bond donors (Lipinski definition) is 2. The van der Waals surface area contributed by atoms with Crippen LogP contribution in [0.2, 0.25) is 0 Å². The zero-order valence-corrected chi connectivity index (χ0v) is 23.0. The molecule has 0 saturated carbocycles. The van der Waals surface area contributed by atoms with Gasteiger partial charge in [-0.1, -0.05) is 74.5 Å². The molecule has 0 bridgehead atoms. The quantitative estimate of drug-likeness (QED) is 0.332. The van der Waals surface area contributed by atoms with Gasteiger partial charge in [-0.15, -0.1) is 0 Å². The summed E-state index contributed by atoms with van der Waals surface area (Å²) < 4.78 is 11.1. The lowest BCUT2D eigenvalue weighted by Gasteiger charge is -2.22. The first kappa shape index (κ1) is 27.9. The van der Waals surface area contributed by atoms with E-state index >= 15 is 0 Å². The lowest BCUT2D eigenvalue weighted by atomic mass is 9.93. The third-order valence-corrected chi connectivity index (χ3v) is 6.77. The molecule has 0 saturated heterocycles. The molecule has 1 aliphatic rings. The minimum absolute atomic E-state index is 0.0677. The van der Waals surface area contributed by atoms with E-state index in [0.29, 0.717) is 5.56 Å². The van der Waals surface area contributed by atoms with Crippen LogP contribution in [0.15, 0.2) is 66.7 Å². The van der Waals surface area contributed by atoms with Crippen molar-refractivity contribution in [2.45, 2.75) is 64.5 Å². The molecule has 0 aliphatic heterocycles. The molecule has 3 aromatic rings. The van der Waals surface area contributed by atoms with E-state index in [-0.39, 0.29) is 30.4 Å². The number of alkyl carbamates (subject to hydrolysis) is 1. The zero-order valence-electron chi connectivity index (χ0n) is 23.0. The number of nitrogens with one attached hydrogen (secondary N) is 1. The van der Waals surface area contributed by atoms with Gasteiger partial charge in [0.15, 0.2) is 0 Å². The number of amides is 1. The van der Waals surface area contributed by atoms with Crippen molar-refractivity contribution in [3.8, 4) is 11.1 Å². The van der Waals surface area contributed by atoms with Crippen LogP contribution in [0.3, 0.4) is 0 Å². The Balaban J connectivity index is 1.50. The summed E-state index contributed by atoms with van der Waals surface area (Å²) in [6.07, 6.45) is -0.933. The highest BCUT2D eigenvalue weighted by molar-refractivity contribution is 5.92. The highest BCUT2D eigenvalue weighted by Gasteiger charge is 2.30. The number of hydrogen-bond acceptors (Lipinski definition) is 5. The first-order chi connectivity index (χ1) is 18.4. The zero-order chi connectivity index (χ0) is 28.3. The average molecular weight is 530 g/mol. The fourth-order valence-electron chi connectivity index (χ4n) is 4.88. The lowest BCUT2D eigenvalue weighted by molar-refractivity contribution is -0.139. The maximum absolute atomic E-state index is 12.9. The molecule has 0 spiro atoms. The number of esters is 1. The maximum Gasteiger partial charge on any atom is 0.407 e. The molecule has 39 heavy (non-hydrogen) atoms. The number of fused-ring (bicyclic) bond motifs is 3. The summed E-state index contributed by atoms with van der Waals surface area (Å²) in [7, 11) is 0. The predicted octanol–water partition coefficient (Wildman–Crippen LogP) is 6.30. The van der Waals surface area contributed by atoms with E-state index in [2.05, 4.69) is 5.32 Å². The Morgan fingerprint density at radius 3 is 2.05 bits per heavy atom. The molecule has 1 aliphatic carbocycles. The van der Waals surface area contributed by atoms with Crippen molar-refractivity contribution in [2.24, 2.45) is 0 Å². The van der Waals surface area contributed by atoms with Crippen LogP contribution in [0.25, 0.3) is 11.1 Å². The fourth-order valence-corrected chi connectivity index (χ4v) is 4.88. The van der Waals surface area contributed by atoms with E-state index in [0.717, 1.165) is 27.8 Å². The molecule has 3 aromatic carbocycles. The third-order valence-electron chi connectivity index (χ3n) is 6.77. The van der Waals surface area contributed by atoms with Crippen LogP contribution in [0.1, 0.15) is 79.1 Å². The normalized spacial score (nSPS) is 13.4. The summed E-state index contributed by atoms with van der Waals surface area (Å²) in [6, 6.07) is 20.0. The SMILES string of the molecule is CC(C)c1ccc(C(=O)OC(C)(C)C)c(C[C@H](NC(=O)OCC2c3ccccc3-c3ccccc32)C(=O)O)c1. The number of rotatable bonds is 8. The highest BCUT2D eigenvalue weighted by Crippen LogP contribution is 2.44. The van der Waals surface area contributed by atoms with Crippen molar-refractivity contribution < 1.29 is 29.0 Å². The fraction of sp³-hybridized carbons (Fsp3) is 0.344. The van der Waals surface area contributed by atoms with Gasteiger partial charge in [0.05, 0.1) is 5.56 Å². The van der Waals surface area contributed by atoms with Gasteiger partial charge >= 0.3 is 18.0 Å². The van der Waals surface area contributed by atoms with Gasteiger partial charge in [0.25, 0.3) is 0 Å². The van der Waals surface area contributed by atoms with Crippen molar-refractivity contribution in [1.82, 2.24) is 5.32 Å². The van der Waals surface area contributed by atoms with Crippen LogP contribution in [-0.4, -0.2) is 41.4 Å². The lowest BCUT2D eigenvalue weighted by Crippen LogP contribution is -2.43. The van der Waals surface area contributed by atoms with E-state index in [1.807, 2.05) is 68.4 Å². The summed E-state index contributed by atoms with van der Waals surface area (Å²) in [6.45, 7) is 9.40. The Labute approximate surface area is 229 Å². The summed E-state index contributed by atoms with van der Waals surface area (Å²) in [5.74, 6) is -1.76. The first-order valence-electron chi connectivity index (χ1n) is 13.1. The molecule has 0 radical (unpaired) electrons. The molecule has 4 rings (SSSR count). The van der Waals surface area contributed by atoms with Gasteiger partial charge in [0, 0.05) is 12.3 Å². The summed E-state index contributed by atoms with van der Waals surface area (Å²) in [5, 5.41) is 12.4. The van der Waals surface area contributed by atoms with Crippen LogP contribution in [0.5, 0.6) is 0 Å². The van der Waals surface area contributed by atoms with E-state index in [9.17, 15) is 19.5 Å². The molecule has 1 amide bonds. The molecule has 0 fully saturated rings. The second-order valence-corrected chi connectivity index (χ2v) is 11.1. The maximum atomic E-state index is 12.9. The summed E-state index contributed by atoms with van der Waals surface area (Å²) in [4.78, 5) is 37.9. The van der Waals surface area contributed by atoms with Gasteiger partial charge in [-0.2, -0.15) is 0 Å². The first-order valence-corrected chi connectivity index (χ1v) is 13.1. The molecule has 0 heterocycles. The summed E-state index contributed by atoms with van der Waals surface area (Å²) in [5.41, 5.74) is 5.33. The van der Waals surface area contributed by atoms with Crippen LogP contribution >= 0.6 is 0 Å². The van der Waals surface area contributed by atoms with Crippen LogP contribution in [0.4, 0.5) is 4.79 Å². The minimum atomic E-state index is -1.30. The van der Waals surface area contributed by atoms with E-state index in [1.54, 1.807) is 32.9 Å². The number of carboxylic acids is 1. The molecular weight excluding hydrogens is 494 g/mol. The standard InChI is InChI=1S/C32H35NO6/c1-19(2)20-14-15-22(30(36)39-32(3,4)5)21(16-20)17-28(29(34)35)33-31(37)38-18-27-25-12-8-6-10-23(25)24-11-7-9-13-26(24)27/h6-16,19,27-28H,17-18H2,1-5H3,(H,33,37)(H,34,35)/t28-/m0/s1. The molecule has 7 nitrogen and oxygen atoms in total. The van der Waals surface area contributed by atoms with Crippen LogP contribution in [-0.2, 0) is 20.7 Å². The van der Waals surface area contributed by atoms with Crippen LogP contribution in [0, 0.1) is 0 Å². The molecule has 0 unspecified atom stereocenters. The Morgan fingerprint density at radius 1 is 0.923 bits per heavy atom.